The number of carbonyl (C=O) groups excluding carboxylic acids is 2. The fraction of sp³-hybridized carbons (Fsp3) is 0.304. The van der Waals surface area contributed by atoms with E-state index in [0.717, 1.165) is 36.1 Å². The predicted octanol–water partition coefficient (Wildman–Crippen LogP) is 3.45. The summed E-state index contributed by atoms with van der Waals surface area (Å²) in [6.07, 6.45) is 2.33. The van der Waals surface area contributed by atoms with Crippen LogP contribution in [0.25, 0.3) is 22.9 Å². The van der Waals surface area contributed by atoms with Crippen molar-refractivity contribution in [3.05, 3.63) is 59.7 Å². The van der Waals surface area contributed by atoms with Crippen LogP contribution in [0.1, 0.15) is 35.2 Å². The molecule has 2 aromatic carbocycles. The highest BCUT2D eigenvalue weighted by Gasteiger charge is 2.19. The third-order valence-corrected chi connectivity index (χ3v) is 5.18. The van der Waals surface area contributed by atoms with Crippen LogP contribution >= 0.6 is 0 Å². The molecule has 0 radical (unpaired) electrons. The second kappa shape index (κ2) is 8.90. The standard InChI is InChI=1S/C23H24N4O3/c1-16-5-7-18(8-6-16)22-25-26-23(30-22)19-11-9-17(10-12-19)21(29)24-13-3-15-27-14-2-4-20(27)28/h5-12H,2-4,13-15H2,1H3,(H,24,29). The van der Waals surface area contributed by atoms with Gasteiger partial charge in [0.05, 0.1) is 0 Å². The highest BCUT2D eigenvalue weighted by molar-refractivity contribution is 5.94. The Balaban J connectivity index is 1.32. The van der Waals surface area contributed by atoms with E-state index in [1.807, 2.05) is 36.1 Å². The highest BCUT2D eigenvalue weighted by atomic mass is 16.4. The first kappa shape index (κ1) is 19.8. The van der Waals surface area contributed by atoms with Gasteiger partial charge in [-0.05, 0) is 56.2 Å². The predicted molar refractivity (Wildman–Crippen MR) is 113 cm³/mol. The van der Waals surface area contributed by atoms with Crippen molar-refractivity contribution in [2.24, 2.45) is 0 Å². The molecule has 1 N–H and O–H groups in total. The number of carbonyl (C=O) groups is 2. The number of nitrogens with zero attached hydrogens (tertiary/aromatic N) is 3. The van der Waals surface area contributed by atoms with Crippen LogP contribution in [0.15, 0.2) is 52.9 Å². The minimum absolute atomic E-state index is 0.139. The molecular formula is C23H24N4O3. The van der Waals surface area contributed by atoms with E-state index in [-0.39, 0.29) is 11.8 Å². The van der Waals surface area contributed by atoms with E-state index < -0.39 is 0 Å². The number of hydrogen-bond donors (Lipinski definition) is 1. The summed E-state index contributed by atoms with van der Waals surface area (Å²) in [5, 5.41) is 11.1. The molecule has 1 saturated heterocycles. The van der Waals surface area contributed by atoms with Gasteiger partial charge in [0.25, 0.3) is 5.91 Å². The first-order valence-corrected chi connectivity index (χ1v) is 10.2. The maximum atomic E-state index is 12.3. The number of rotatable bonds is 7. The van der Waals surface area contributed by atoms with Crippen LogP contribution in [-0.2, 0) is 4.79 Å². The lowest BCUT2D eigenvalue weighted by molar-refractivity contribution is -0.127. The van der Waals surface area contributed by atoms with Crippen molar-refractivity contribution in [2.75, 3.05) is 19.6 Å². The molecular weight excluding hydrogens is 380 g/mol. The van der Waals surface area contributed by atoms with Crippen molar-refractivity contribution in [1.29, 1.82) is 0 Å². The van der Waals surface area contributed by atoms with E-state index in [1.54, 1.807) is 24.3 Å². The molecule has 0 bridgehead atoms. The number of nitrogens with one attached hydrogen (secondary N) is 1. The average Bonchev–Trinajstić information content (AvgIpc) is 3.41. The molecule has 0 saturated carbocycles. The molecule has 3 aromatic rings. The number of aryl methyl sites for hydroxylation is 1. The lowest BCUT2D eigenvalue weighted by Crippen LogP contribution is -2.30. The molecule has 1 aliphatic heterocycles. The van der Waals surface area contributed by atoms with Gasteiger partial charge in [0.1, 0.15) is 0 Å². The zero-order chi connectivity index (χ0) is 20.9. The number of aromatic nitrogens is 2. The Bertz CT molecular complexity index is 1030. The van der Waals surface area contributed by atoms with E-state index in [0.29, 0.717) is 36.9 Å². The molecule has 1 fully saturated rings. The van der Waals surface area contributed by atoms with Crippen molar-refractivity contribution in [3.8, 4) is 22.9 Å². The molecule has 30 heavy (non-hydrogen) atoms. The van der Waals surface area contributed by atoms with Crippen LogP contribution in [0.3, 0.4) is 0 Å². The number of hydrogen-bond acceptors (Lipinski definition) is 5. The Morgan fingerprint density at radius 1 is 1.03 bits per heavy atom. The van der Waals surface area contributed by atoms with Crippen molar-refractivity contribution >= 4 is 11.8 Å². The Morgan fingerprint density at radius 3 is 2.27 bits per heavy atom. The molecule has 4 rings (SSSR count). The summed E-state index contributed by atoms with van der Waals surface area (Å²) >= 11 is 0. The smallest absolute Gasteiger partial charge is 0.251 e. The normalized spacial score (nSPS) is 13.6. The second-order valence-electron chi connectivity index (χ2n) is 7.45. The van der Waals surface area contributed by atoms with E-state index in [4.69, 9.17) is 4.42 Å². The summed E-state index contributed by atoms with van der Waals surface area (Å²) in [6, 6.07) is 15.0. The Morgan fingerprint density at radius 2 is 1.67 bits per heavy atom. The fourth-order valence-corrected chi connectivity index (χ4v) is 3.43. The van der Waals surface area contributed by atoms with Crippen molar-refractivity contribution in [1.82, 2.24) is 20.4 Å². The fourth-order valence-electron chi connectivity index (χ4n) is 3.43. The van der Waals surface area contributed by atoms with Gasteiger partial charge in [-0.3, -0.25) is 9.59 Å². The van der Waals surface area contributed by atoms with Crippen LogP contribution in [0.4, 0.5) is 0 Å². The lowest BCUT2D eigenvalue weighted by atomic mass is 10.1. The van der Waals surface area contributed by atoms with Crippen LogP contribution in [-0.4, -0.2) is 46.5 Å². The Kier molecular flexibility index (Phi) is 5.88. The minimum Gasteiger partial charge on any atom is -0.416 e. The summed E-state index contributed by atoms with van der Waals surface area (Å²) in [7, 11) is 0. The maximum absolute atomic E-state index is 12.3. The summed E-state index contributed by atoms with van der Waals surface area (Å²) in [5.74, 6) is 0.944. The SMILES string of the molecule is Cc1ccc(-c2nnc(-c3ccc(C(=O)NCCCN4CCCC4=O)cc3)o2)cc1. The third kappa shape index (κ3) is 4.56. The molecule has 154 valence electrons. The molecule has 2 heterocycles. The van der Waals surface area contributed by atoms with Crippen LogP contribution in [0.5, 0.6) is 0 Å². The molecule has 7 nitrogen and oxygen atoms in total. The van der Waals surface area contributed by atoms with Gasteiger partial charge in [-0.25, -0.2) is 0 Å². The highest BCUT2D eigenvalue weighted by Crippen LogP contribution is 2.24. The van der Waals surface area contributed by atoms with E-state index in [9.17, 15) is 9.59 Å². The van der Waals surface area contributed by atoms with Gasteiger partial charge in [0.2, 0.25) is 17.7 Å². The maximum Gasteiger partial charge on any atom is 0.251 e. The molecule has 0 unspecified atom stereocenters. The molecule has 0 spiro atoms. The minimum atomic E-state index is -0.139. The first-order chi connectivity index (χ1) is 14.6. The van der Waals surface area contributed by atoms with E-state index in [1.165, 1.54) is 0 Å². The van der Waals surface area contributed by atoms with Crippen molar-refractivity contribution in [2.45, 2.75) is 26.2 Å². The average molecular weight is 404 g/mol. The Labute approximate surface area is 175 Å². The van der Waals surface area contributed by atoms with Crippen LogP contribution in [0, 0.1) is 6.92 Å². The lowest BCUT2D eigenvalue weighted by Gasteiger charge is -2.15. The largest absolute Gasteiger partial charge is 0.416 e. The monoisotopic (exact) mass is 404 g/mol. The van der Waals surface area contributed by atoms with Crippen LogP contribution in [0.2, 0.25) is 0 Å². The molecule has 1 aliphatic rings. The number of likely N-dealkylation sites (tertiary alicyclic amines) is 1. The van der Waals surface area contributed by atoms with Crippen molar-refractivity contribution < 1.29 is 14.0 Å². The third-order valence-electron chi connectivity index (χ3n) is 5.18. The first-order valence-electron chi connectivity index (χ1n) is 10.2. The molecule has 1 aromatic heterocycles. The van der Waals surface area contributed by atoms with Gasteiger partial charge in [-0.15, -0.1) is 10.2 Å². The van der Waals surface area contributed by atoms with Gasteiger partial charge in [-0.1, -0.05) is 17.7 Å². The zero-order valence-corrected chi connectivity index (χ0v) is 16.9. The van der Waals surface area contributed by atoms with Gasteiger partial charge < -0.3 is 14.6 Å². The van der Waals surface area contributed by atoms with E-state index >= 15 is 0 Å². The molecule has 0 aliphatic carbocycles. The summed E-state index contributed by atoms with van der Waals surface area (Å²) < 4.78 is 5.78. The number of amides is 2. The van der Waals surface area contributed by atoms with E-state index in [2.05, 4.69) is 15.5 Å². The van der Waals surface area contributed by atoms with Gasteiger partial charge >= 0.3 is 0 Å². The van der Waals surface area contributed by atoms with Gasteiger partial charge in [0, 0.05) is 42.7 Å². The Hall–Kier alpha value is -3.48. The molecule has 0 atom stereocenters. The quantitative estimate of drug-likeness (QED) is 0.609. The number of benzene rings is 2. The topological polar surface area (TPSA) is 88.3 Å². The van der Waals surface area contributed by atoms with Gasteiger partial charge in [0.15, 0.2) is 0 Å². The van der Waals surface area contributed by atoms with Crippen LogP contribution < -0.4 is 5.32 Å². The zero-order valence-electron chi connectivity index (χ0n) is 16.9. The summed E-state index contributed by atoms with van der Waals surface area (Å²) in [5.41, 5.74) is 3.35. The summed E-state index contributed by atoms with van der Waals surface area (Å²) in [6.45, 7) is 4.08. The van der Waals surface area contributed by atoms with Gasteiger partial charge in [-0.2, -0.15) is 0 Å². The summed E-state index contributed by atoms with van der Waals surface area (Å²) in [4.78, 5) is 25.8. The molecule has 2 amide bonds. The molecule has 7 heteroatoms. The van der Waals surface area contributed by atoms with Crippen molar-refractivity contribution in [3.63, 3.8) is 0 Å². The second-order valence-corrected chi connectivity index (χ2v) is 7.45.